The van der Waals surface area contributed by atoms with Crippen LogP contribution in [0.25, 0.3) is 0 Å². The second kappa shape index (κ2) is 6.45. The molecule has 0 unspecified atom stereocenters. The van der Waals surface area contributed by atoms with Crippen molar-refractivity contribution in [3.05, 3.63) is 52.0 Å². The Hall–Kier alpha value is -1.72. The highest BCUT2D eigenvalue weighted by Gasteiger charge is 2.18. The number of benzene rings is 1. The zero-order valence-corrected chi connectivity index (χ0v) is 11.5. The zero-order chi connectivity index (χ0) is 13.7. The predicted molar refractivity (Wildman–Crippen MR) is 75.2 cm³/mol. The molecule has 0 amide bonds. The first-order chi connectivity index (χ1) is 9.20. The van der Waals surface area contributed by atoms with Crippen LogP contribution in [0.4, 0.5) is 0 Å². The Balaban J connectivity index is 2.04. The van der Waals surface area contributed by atoms with Crippen LogP contribution in [0.1, 0.15) is 28.4 Å². The lowest BCUT2D eigenvalue weighted by Gasteiger charge is -2.13. The molecule has 0 aliphatic carbocycles. The third-order valence-electron chi connectivity index (χ3n) is 2.76. The second-order valence-corrected chi connectivity index (χ2v) is 5.34. The number of aromatic nitrogens is 1. The molecule has 2 rings (SSSR count). The minimum absolute atomic E-state index is 0.517. The van der Waals surface area contributed by atoms with Gasteiger partial charge in [-0.3, -0.25) is 10.1 Å². The topological polar surface area (TPSA) is 62.2 Å². The van der Waals surface area contributed by atoms with E-state index in [9.17, 15) is 9.90 Å². The third kappa shape index (κ3) is 3.62. The number of nitrogens with zero attached hydrogens (tertiary/aromatic N) is 1. The second-order valence-electron chi connectivity index (χ2n) is 4.14. The SMILES string of the molecule is CCc1ncc(CN[C@@H](C(=O)O)c2ccccc2)s1. The molecule has 100 valence electrons. The third-order valence-corrected chi connectivity index (χ3v) is 3.91. The Kier molecular flexibility index (Phi) is 4.65. The lowest BCUT2D eigenvalue weighted by atomic mass is 10.1. The normalized spacial score (nSPS) is 12.3. The molecule has 0 radical (unpaired) electrons. The smallest absolute Gasteiger partial charge is 0.325 e. The fourth-order valence-electron chi connectivity index (χ4n) is 1.79. The predicted octanol–water partition coefficient (Wildman–Crippen LogP) is 2.62. The minimum Gasteiger partial charge on any atom is -0.480 e. The van der Waals surface area contributed by atoms with Crippen molar-refractivity contribution in [2.45, 2.75) is 25.9 Å². The van der Waals surface area contributed by atoms with Crippen LogP contribution in [0.3, 0.4) is 0 Å². The van der Waals surface area contributed by atoms with Crippen molar-refractivity contribution in [3.63, 3.8) is 0 Å². The number of carboxylic acids is 1. The van der Waals surface area contributed by atoms with Gasteiger partial charge in [-0.2, -0.15) is 0 Å². The number of nitrogens with one attached hydrogen (secondary N) is 1. The van der Waals surface area contributed by atoms with Crippen molar-refractivity contribution < 1.29 is 9.90 Å². The molecule has 0 bridgehead atoms. The number of carboxylic acid groups (broad SMARTS) is 1. The lowest BCUT2D eigenvalue weighted by molar-refractivity contribution is -0.139. The number of rotatable bonds is 6. The van der Waals surface area contributed by atoms with E-state index in [1.807, 2.05) is 30.3 Å². The Morgan fingerprint density at radius 1 is 1.42 bits per heavy atom. The molecule has 19 heavy (non-hydrogen) atoms. The highest BCUT2D eigenvalue weighted by molar-refractivity contribution is 7.11. The molecular formula is C14H16N2O2S. The maximum absolute atomic E-state index is 11.3. The van der Waals surface area contributed by atoms with Gasteiger partial charge in [0.2, 0.25) is 0 Å². The van der Waals surface area contributed by atoms with Crippen molar-refractivity contribution in [2.75, 3.05) is 0 Å². The van der Waals surface area contributed by atoms with E-state index in [1.54, 1.807) is 17.5 Å². The van der Waals surface area contributed by atoms with Gasteiger partial charge >= 0.3 is 5.97 Å². The van der Waals surface area contributed by atoms with Crippen molar-refractivity contribution in [1.82, 2.24) is 10.3 Å². The first-order valence-corrected chi connectivity index (χ1v) is 6.97. The van der Waals surface area contributed by atoms with Crippen molar-refractivity contribution in [1.29, 1.82) is 0 Å². The van der Waals surface area contributed by atoms with Crippen LogP contribution < -0.4 is 5.32 Å². The molecule has 0 saturated carbocycles. The maximum atomic E-state index is 11.3. The lowest BCUT2D eigenvalue weighted by Crippen LogP contribution is -2.27. The fraction of sp³-hybridized carbons (Fsp3) is 0.286. The van der Waals surface area contributed by atoms with Gasteiger partial charge in [0.1, 0.15) is 6.04 Å². The van der Waals surface area contributed by atoms with E-state index in [0.717, 1.165) is 21.9 Å². The van der Waals surface area contributed by atoms with Gasteiger partial charge in [-0.1, -0.05) is 37.3 Å². The largest absolute Gasteiger partial charge is 0.480 e. The van der Waals surface area contributed by atoms with Gasteiger partial charge in [0.25, 0.3) is 0 Å². The van der Waals surface area contributed by atoms with Crippen LogP contribution >= 0.6 is 11.3 Å². The summed E-state index contributed by atoms with van der Waals surface area (Å²) in [4.78, 5) is 16.6. The molecule has 0 aliphatic rings. The fourth-order valence-corrected chi connectivity index (χ4v) is 2.60. The Morgan fingerprint density at radius 3 is 2.74 bits per heavy atom. The van der Waals surface area contributed by atoms with E-state index < -0.39 is 12.0 Å². The minimum atomic E-state index is -0.869. The molecule has 4 nitrogen and oxygen atoms in total. The standard InChI is InChI=1S/C14H16N2O2S/c1-2-12-15-8-11(19-12)9-16-13(14(17)18)10-6-4-3-5-7-10/h3-8,13,16H,2,9H2,1H3,(H,17,18)/t13-/m1/s1. The van der Waals surface area contributed by atoms with Gasteiger partial charge in [-0.25, -0.2) is 4.98 Å². The number of thiazole rings is 1. The zero-order valence-electron chi connectivity index (χ0n) is 10.7. The number of hydrogen-bond acceptors (Lipinski definition) is 4. The highest BCUT2D eigenvalue weighted by atomic mass is 32.1. The molecule has 0 spiro atoms. The number of aryl methyl sites for hydroxylation is 1. The summed E-state index contributed by atoms with van der Waals surface area (Å²) in [5.41, 5.74) is 0.759. The van der Waals surface area contributed by atoms with Crippen LogP contribution in [-0.2, 0) is 17.8 Å². The van der Waals surface area contributed by atoms with E-state index in [-0.39, 0.29) is 0 Å². The molecule has 1 heterocycles. The summed E-state index contributed by atoms with van der Waals surface area (Å²) in [6.07, 6.45) is 2.71. The van der Waals surface area contributed by atoms with Crippen LogP contribution in [0.15, 0.2) is 36.5 Å². The van der Waals surface area contributed by atoms with E-state index in [2.05, 4.69) is 17.2 Å². The van der Waals surface area contributed by atoms with Gasteiger partial charge in [-0.15, -0.1) is 11.3 Å². The van der Waals surface area contributed by atoms with Crippen LogP contribution in [0.5, 0.6) is 0 Å². The summed E-state index contributed by atoms with van der Waals surface area (Å²) in [6.45, 7) is 2.57. The van der Waals surface area contributed by atoms with Gasteiger partial charge in [-0.05, 0) is 12.0 Å². The summed E-state index contributed by atoms with van der Waals surface area (Å²) >= 11 is 1.62. The Bertz CT molecular complexity index is 539. The van der Waals surface area contributed by atoms with E-state index in [1.165, 1.54) is 0 Å². The van der Waals surface area contributed by atoms with E-state index in [4.69, 9.17) is 0 Å². The maximum Gasteiger partial charge on any atom is 0.325 e. The molecular weight excluding hydrogens is 260 g/mol. The summed E-state index contributed by atoms with van der Waals surface area (Å²) in [5, 5.41) is 13.4. The molecule has 0 fully saturated rings. The number of aliphatic carboxylic acids is 1. The van der Waals surface area contributed by atoms with Gasteiger partial charge in [0, 0.05) is 17.6 Å². The van der Waals surface area contributed by atoms with Crippen LogP contribution in [0, 0.1) is 0 Å². The van der Waals surface area contributed by atoms with E-state index >= 15 is 0 Å². The Labute approximate surface area is 116 Å². The summed E-state index contributed by atoms with van der Waals surface area (Å²) in [5.74, 6) is -0.869. The quantitative estimate of drug-likeness (QED) is 0.851. The summed E-state index contributed by atoms with van der Waals surface area (Å²) < 4.78 is 0. The average molecular weight is 276 g/mol. The van der Waals surface area contributed by atoms with Crippen LogP contribution in [0.2, 0.25) is 0 Å². The van der Waals surface area contributed by atoms with E-state index in [0.29, 0.717) is 6.54 Å². The van der Waals surface area contributed by atoms with Gasteiger partial charge in [0.05, 0.1) is 5.01 Å². The molecule has 1 aromatic carbocycles. The number of carbonyl (C=O) groups is 1. The first kappa shape index (κ1) is 13.7. The van der Waals surface area contributed by atoms with Crippen LogP contribution in [-0.4, -0.2) is 16.1 Å². The molecule has 0 saturated heterocycles. The number of hydrogen-bond donors (Lipinski definition) is 2. The monoisotopic (exact) mass is 276 g/mol. The molecule has 5 heteroatoms. The van der Waals surface area contributed by atoms with Gasteiger partial charge in [0.15, 0.2) is 0 Å². The van der Waals surface area contributed by atoms with Crippen molar-refractivity contribution >= 4 is 17.3 Å². The molecule has 1 atom stereocenters. The first-order valence-electron chi connectivity index (χ1n) is 6.15. The average Bonchev–Trinajstić information content (AvgIpc) is 2.88. The summed E-state index contributed by atoms with van der Waals surface area (Å²) in [6, 6.07) is 8.50. The Morgan fingerprint density at radius 2 is 2.16 bits per heavy atom. The van der Waals surface area contributed by atoms with Gasteiger partial charge < -0.3 is 5.11 Å². The molecule has 2 N–H and O–H groups in total. The van der Waals surface area contributed by atoms with Crippen molar-refractivity contribution in [2.24, 2.45) is 0 Å². The molecule has 0 aliphatic heterocycles. The summed E-state index contributed by atoms with van der Waals surface area (Å²) in [7, 11) is 0. The highest BCUT2D eigenvalue weighted by Crippen LogP contribution is 2.17. The molecule has 2 aromatic rings. The van der Waals surface area contributed by atoms with Crippen molar-refractivity contribution in [3.8, 4) is 0 Å². The molecule has 1 aromatic heterocycles.